The predicted molar refractivity (Wildman–Crippen MR) is 127 cm³/mol. The Morgan fingerprint density at radius 1 is 0.970 bits per heavy atom. The molecule has 172 valence electrons. The van der Waals surface area contributed by atoms with Crippen molar-refractivity contribution in [2.75, 3.05) is 13.7 Å². The van der Waals surface area contributed by atoms with Gasteiger partial charge in [-0.1, -0.05) is 30.3 Å². The van der Waals surface area contributed by atoms with Gasteiger partial charge in [0.15, 0.2) is 0 Å². The molecule has 1 aromatic heterocycles. The van der Waals surface area contributed by atoms with Crippen LogP contribution < -0.4 is 4.74 Å². The van der Waals surface area contributed by atoms with E-state index in [4.69, 9.17) is 9.47 Å². The summed E-state index contributed by atoms with van der Waals surface area (Å²) in [5, 5.41) is 11.0. The minimum atomic E-state index is -0.524. The van der Waals surface area contributed by atoms with Crippen LogP contribution in [0.4, 0.5) is 5.69 Å². The lowest BCUT2D eigenvalue weighted by molar-refractivity contribution is -0.384. The average molecular weight is 449 g/mol. The Labute approximate surface area is 193 Å². The molecular weight excluding hydrogens is 420 g/mol. The first-order valence-electron chi connectivity index (χ1n) is 10.8. The monoisotopic (exact) mass is 448 g/mol. The average Bonchev–Trinajstić information content (AvgIpc) is 2.83. The van der Waals surface area contributed by atoms with Gasteiger partial charge in [0.25, 0.3) is 5.69 Å². The third-order valence-corrected chi connectivity index (χ3v) is 5.47. The van der Waals surface area contributed by atoms with Crippen LogP contribution in [0.2, 0.25) is 0 Å². The fourth-order valence-corrected chi connectivity index (χ4v) is 3.50. The van der Waals surface area contributed by atoms with Gasteiger partial charge < -0.3 is 9.47 Å². The van der Waals surface area contributed by atoms with Crippen molar-refractivity contribution >= 4 is 11.7 Å². The van der Waals surface area contributed by atoms with Crippen LogP contribution in [-0.4, -0.2) is 29.6 Å². The van der Waals surface area contributed by atoms with E-state index in [1.807, 2.05) is 56.3 Å². The lowest BCUT2D eigenvalue weighted by atomic mass is 9.87. The Hall–Kier alpha value is -3.74. The second-order valence-electron chi connectivity index (χ2n) is 8.43. The SMILES string of the molecule is COC(=O)C(C)(C)CCCCOc1cc(-c2ccc([N+](=O)[O-])cc2)cc(-c2ccccc2)n1. The van der Waals surface area contributed by atoms with Gasteiger partial charge in [-0.2, -0.15) is 0 Å². The fraction of sp³-hybridized carbons (Fsp3) is 0.308. The molecule has 2 aromatic carbocycles. The smallest absolute Gasteiger partial charge is 0.311 e. The van der Waals surface area contributed by atoms with E-state index < -0.39 is 10.3 Å². The maximum atomic E-state index is 11.8. The maximum Gasteiger partial charge on any atom is 0.311 e. The first-order chi connectivity index (χ1) is 15.8. The number of aromatic nitrogens is 1. The van der Waals surface area contributed by atoms with Crippen molar-refractivity contribution in [2.45, 2.75) is 33.1 Å². The maximum absolute atomic E-state index is 11.8. The number of carbonyl (C=O) groups is 1. The number of hydrogen-bond donors (Lipinski definition) is 0. The summed E-state index contributed by atoms with van der Waals surface area (Å²) in [4.78, 5) is 27.0. The van der Waals surface area contributed by atoms with Crippen LogP contribution >= 0.6 is 0 Å². The lowest BCUT2D eigenvalue weighted by Gasteiger charge is -2.21. The number of benzene rings is 2. The van der Waals surface area contributed by atoms with Gasteiger partial charge in [-0.05, 0) is 62.4 Å². The van der Waals surface area contributed by atoms with E-state index in [0.717, 1.165) is 35.2 Å². The third kappa shape index (κ3) is 6.38. The van der Waals surface area contributed by atoms with Crippen LogP contribution in [0.25, 0.3) is 22.4 Å². The second-order valence-corrected chi connectivity index (χ2v) is 8.43. The van der Waals surface area contributed by atoms with E-state index in [0.29, 0.717) is 18.9 Å². The molecule has 3 rings (SSSR count). The minimum absolute atomic E-state index is 0.0439. The van der Waals surface area contributed by atoms with Crippen molar-refractivity contribution in [3.8, 4) is 28.3 Å². The molecule has 0 saturated carbocycles. The van der Waals surface area contributed by atoms with E-state index >= 15 is 0 Å². The number of esters is 1. The van der Waals surface area contributed by atoms with Gasteiger partial charge in [0.05, 0.1) is 29.7 Å². The molecule has 0 atom stereocenters. The number of nitrogens with zero attached hydrogens (tertiary/aromatic N) is 2. The Kier molecular flexibility index (Phi) is 7.77. The van der Waals surface area contributed by atoms with E-state index in [9.17, 15) is 14.9 Å². The first kappa shape index (κ1) is 23.9. The molecule has 3 aromatic rings. The zero-order valence-corrected chi connectivity index (χ0v) is 19.1. The highest BCUT2D eigenvalue weighted by atomic mass is 16.6. The molecule has 0 amide bonds. The number of rotatable bonds is 10. The Bertz CT molecular complexity index is 1100. The molecule has 0 N–H and O–H groups in total. The number of carbonyl (C=O) groups excluding carboxylic acids is 1. The van der Waals surface area contributed by atoms with Gasteiger partial charge in [-0.25, -0.2) is 4.98 Å². The number of nitro groups is 1. The van der Waals surface area contributed by atoms with Crippen molar-refractivity contribution in [1.29, 1.82) is 0 Å². The zero-order valence-electron chi connectivity index (χ0n) is 19.1. The molecular formula is C26H28N2O5. The van der Waals surface area contributed by atoms with Crippen molar-refractivity contribution in [2.24, 2.45) is 5.41 Å². The molecule has 0 unspecified atom stereocenters. The number of pyridine rings is 1. The van der Waals surface area contributed by atoms with Crippen molar-refractivity contribution in [1.82, 2.24) is 4.98 Å². The van der Waals surface area contributed by atoms with Gasteiger partial charge in [-0.15, -0.1) is 0 Å². The summed E-state index contributed by atoms with van der Waals surface area (Å²) in [7, 11) is 1.40. The quantitative estimate of drug-likeness (QED) is 0.162. The predicted octanol–water partition coefficient (Wildman–Crippen LogP) is 6.07. The Morgan fingerprint density at radius 3 is 2.30 bits per heavy atom. The molecule has 0 radical (unpaired) electrons. The second kappa shape index (κ2) is 10.7. The molecule has 33 heavy (non-hydrogen) atoms. The summed E-state index contributed by atoms with van der Waals surface area (Å²) < 4.78 is 10.8. The van der Waals surface area contributed by atoms with Crippen LogP contribution in [-0.2, 0) is 9.53 Å². The number of unbranched alkanes of at least 4 members (excludes halogenated alkanes) is 1. The Morgan fingerprint density at radius 2 is 1.67 bits per heavy atom. The van der Waals surface area contributed by atoms with Crippen LogP contribution in [0.1, 0.15) is 33.1 Å². The topological polar surface area (TPSA) is 91.6 Å². The van der Waals surface area contributed by atoms with Gasteiger partial charge in [0, 0.05) is 23.8 Å². The molecule has 7 heteroatoms. The van der Waals surface area contributed by atoms with Gasteiger partial charge in [-0.3, -0.25) is 14.9 Å². The van der Waals surface area contributed by atoms with Gasteiger partial charge >= 0.3 is 5.97 Å². The van der Waals surface area contributed by atoms with Crippen LogP contribution in [0.3, 0.4) is 0 Å². The summed E-state index contributed by atoms with van der Waals surface area (Å²) in [5.41, 5.74) is 2.93. The zero-order chi connectivity index (χ0) is 23.8. The van der Waals surface area contributed by atoms with Crippen molar-refractivity contribution < 1.29 is 19.2 Å². The standard InChI is InChI=1S/C26H28N2O5/c1-26(2,25(29)32-3)15-7-8-16-33-24-18-21(19-11-13-22(14-12-19)28(30)31)17-23(27-24)20-9-5-4-6-10-20/h4-6,9-14,17-18H,7-8,15-16H2,1-3H3. The molecule has 0 fully saturated rings. The summed E-state index contributed by atoms with van der Waals surface area (Å²) in [5.74, 6) is 0.269. The van der Waals surface area contributed by atoms with Crippen molar-refractivity contribution in [3.05, 3.63) is 76.8 Å². The minimum Gasteiger partial charge on any atom is -0.478 e. The number of nitro benzene ring substituents is 1. The molecule has 0 aliphatic carbocycles. The van der Waals surface area contributed by atoms with E-state index in [-0.39, 0.29) is 11.7 Å². The summed E-state index contributed by atoms with van der Waals surface area (Å²) in [6.07, 6.45) is 2.29. The molecule has 0 spiro atoms. The van der Waals surface area contributed by atoms with Crippen LogP contribution in [0.15, 0.2) is 66.7 Å². The molecule has 0 bridgehead atoms. The van der Waals surface area contributed by atoms with Crippen LogP contribution in [0, 0.1) is 15.5 Å². The molecule has 7 nitrogen and oxygen atoms in total. The molecule has 0 saturated heterocycles. The highest BCUT2D eigenvalue weighted by Gasteiger charge is 2.27. The summed E-state index contributed by atoms with van der Waals surface area (Å²) in [6, 6.07) is 20.0. The highest BCUT2D eigenvalue weighted by Crippen LogP contribution is 2.30. The van der Waals surface area contributed by atoms with E-state index in [2.05, 4.69) is 4.98 Å². The number of methoxy groups -OCH3 is 1. The number of hydrogen-bond acceptors (Lipinski definition) is 6. The third-order valence-electron chi connectivity index (χ3n) is 5.47. The molecule has 0 aliphatic heterocycles. The van der Waals surface area contributed by atoms with E-state index in [1.54, 1.807) is 12.1 Å². The fourth-order valence-electron chi connectivity index (χ4n) is 3.50. The molecule has 1 heterocycles. The van der Waals surface area contributed by atoms with Crippen LogP contribution in [0.5, 0.6) is 5.88 Å². The highest BCUT2D eigenvalue weighted by molar-refractivity contribution is 5.75. The van der Waals surface area contributed by atoms with Gasteiger partial charge in [0.1, 0.15) is 0 Å². The number of ether oxygens (including phenoxy) is 2. The normalized spacial score (nSPS) is 11.1. The van der Waals surface area contributed by atoms with Gasteiger partial charge in [0.2, 0.25) is 5.88 Å². The Balaban J connectivity index is 1.76. The summed E-state index contributed by atoms with van der Waals surface area (Å²) >= 11 is 0. The van der Waals surface area contributed by atoms with E-state index in [1.165, 1.54) is 19.2 Å². The summed E-state index contributed by atoms with van der Waals surface area (Å²) in [6.45, 7) is 4.21. The first-order valence-corrected chi connectivity index (χ1v) is 10.8. The molecule has 0 aliphatic rings. The number of non-ortho nitro benzene ring substituents is 1. The largest absolute Gasteiger partial charge is 0.478 e. The van der Waals surface area contributed by atoms with Crippen molar-refractivity contribution in [3.63, 3.8) is 0 Å². The lowest BCUT2D eigenvalue weighted by Crippen LogP contribution is -2.25.